The molecule has 1 spiro atoms. The predicted octanol–water partition coefficient (Wildman–Crippen LogP) is 1.44. The molecule has 1 aromatic heterocycles. The average Bonchev–Trinajstić information content (AvgIpc) is 3.05. The largest absolute Gasteiger partial charge is 0.472 e. The molecule has 1 N–H and O–H groups in total. The van der Waals surface area contributed by atoms with E-state index in [1.165, 1.54) is 6.20 Å². The molecule has 21 heavy (non-hydrogen) atoms. The Morgan fingerprint density at radius 3 is 3.10 bits per heavy atom. The molecule has 1 aliphatic carbocycles. The van der Waals surface area contributed by atoms with Gasteiger partial charge in [0.1, 0.15) is 6.20 Å². The summed E-state index contributed by atoms with van der Waals surface area (Å²) in [6.07, 6.45) is 5.64. The fourth-order valence-electron chi connectivity index (χ4n) is 2.73. The van der Waals surface area contributed by atoms with Crippen LogP contribution in [0.1, 0.15) is 38.1 Å². The molecule has 116 valence electrons. The van der Waals surface area contributed by atoms with Gasteiger partial charge in [0.2, 0.25) is 0 Å². The van der Waals surface area contributed by atoms with Crippen molar-refractivity contribution < 1.29 is 19.5 Å². The van der Waals surface area contributed by atoms with Gasteiger partial charge >= 0.3 is 11.6 Å². The van der Waals surface area contributed by atoms with Crippen molar-refractivity contribution in [3.63, 3.8) is 0 Å². The summed E-state index contributed by atoms with van der Waals surface area (Å²) in [6, 6.07) is 0.121. The normalized spacial score (nSPS) is 23.2. The number of aromatic nitrogens is 2. The second kappa shape index (κ2) is 5.61. The molecule has 0 amide bonds. The monoisotopic (exact) mass is 297 g/mol. The minimum Gasteiger partial charge on any atom is -0.472 e. The highest BCUT2D eigenvalue weighted by molar-refractivity contribution is 5.38. The van der Waals surface area contributed by atoms with E-state index in [9.17, 15) is 10.1 Å². The van der Waals surface area contributed by atoms with E-state index in [-0.39, 0.29) is 36.4 Å². The van der Waals surface area contributed by atoms with Gasteiger partial charge in [-0.25, -0.2) is 0 Å². The van der Waals surface area contributed by atoms with Gasteiger partial charge in [-0.3, -0.25) is 14.8 Å². The van der Waals surface area contributed by atoms with Crippen LogP contribution in [0.3, 0.4) is 0 Å². The first kappa shape index (κ1) is 14.3. The maximum absolute atomic E-state index is 11.1. The quantitative estimate of drug-likeness (QED) is 0.484. The van der Waals surface area contributed by atoms with Gasteiger partial charge < -0.3 is 14.6 Å². The zero-order valence-electron chi connectivity index (χ0n) is 11.7. The molecule has 1 atom stereocenters. The van der Waals surface area contributed by atoms with E-state index in [0.29, 0.717) is 13.0 Å². The van der Waals surface area contributed by atoms with Gasteiger partial charge in [-0.05, 0) is 25.7 Å². The Labute approximate surface area is 121 Å². The number of rotatable bonds is 6. The summed E-state index contributed by atoms with van der Waals surface area (Å²) in [5.74, 6) is 0.0322. The molecule has 1 aliphatic heterocycles. The second-order valence-electron chi connectivity index (χ2n) is 5.66. The smallest absolute Gasteiger partial charge is 0.350 e. The summed E-state index contributed by atoms with van der Waals surface area (Å²) in [4.78, 5) is 10.6. The number of hydrogen-bond donors (Lipinski definition) is 1. The Morgan fingerprint density at radius 1 is 1.62 bits per heavy atom. The molecule has 2 aliphatic rings. The molecule has 1 saturated heterocycles. The highest BCUT2D eigenvalue weighted by atomic mass is 16.6. The molecule has 2 heterocycles. The maximum Gasteiger partial charge on any atom is 0.350 e. The first-order valence-corrected chi connectivity index (χ1v) is 7.25. The Bertz CT molecular complexity index is 526. The van der Waals surface area contributed by atoms with Crippen molar-refractivity contribution in [3.05, 3.63) is 16.3 Å². The van der Waals surface area contributed by atoms with Crippen molar-refractivity contribution in [1.29, 1.82) is 0 Å². The number of nitro groups is 1. The van der Waals surface area contributed by atoms with Crippen molar-refractivity contribution in [1.82, 2.24) is 9.78 Å². The minimum atomic E-state index is -0.482. The van der Waals surface area contributed by atoms with Crippen LogP contribution in [0.15, 0.2) is 6.20 Å². The van der Waals surface area contributed by atoms with Crippen molar-refractivity contribution in [2.75, 3.05) is 19.8 Å². The second-order valence-corrected chi connectivity index (χ2v) is 5.66. The summed E-state index contributed by atoms with van der Waals surface area (Å²) in [5, 5.41) is 24.1. The molecule has 0 bridgehead atoms. The SMILES string of the molecule is O=[N+]([O-])c1cn(C2CCOC3(CC3)C2)nc1OCCCO. The van der Waals surface area contributed by atoms with Crippen LogP contribution in [0.4, 0.5) is 5.69 Å². The lowest BCUT2D eigenvalue weighted by Gasteiger charge is -2.29. The highest BCUT2D eigenvalue weighted by Crippen LogP contribution is 2.49. The van der Waals surface area contributed by atoms with Gasteiger partial charge in [0, 0.05) is 19.6 Å². The zero-order chi connectivity index (χ0) is 14.9. The van der Waals surface area contributed by atoms with Gasteiger partial charge in [0.25, 0.3) is 0 Å². The summed E-state index contributed by atoms with van der Waals surface area (Å²) < 4.78 is 12.7. The van der Waals surface area contributed by atoms with Crippen molar-refractivity contribution in [2.24, 2.45) is 0 Å². The molecule has 2 fully saturated rings. The van der Waals surface area contributed by atoms with Crippen molar-refractivity contribution >= 4 is 5.69 Å². The van der Waals surface area contributed by atoms with Gasteiger partial charge in [-0.15, -0.1) is 5.10 Å². The minimum absolute atomic E-state index is 0.0123. The summed E-state index contributed by atoms with van der Waals surface area (Å²) in [5.41, 5.74) is -0.133. The van der Waals surface area contributed by atoms with E-state index in [1.807, 2.05) is 0 Å². The zero-order valence-corrected chi connectivity index (χ0v) is 11.7. The average molecular weight is 297 g/mol. The van der Waals surface area contributed by atoms with Gasteiger partial charge in [-0.2, -0.15) is 0 Å². The van der Waals surface area contributed by atoms with Crippen LogP contribution in [-0.4, -0.2) is 45.2 Å². The Hall–Kier alpha value is -1.67. The van der Waals surface area contributed by atoms with Crippen LogP contribution in [0.2, 0.25) is 0 Å². The van der Waals surface area contributed by atoms with Crippen LogP contribution in [-0.2, 0) is 4.74 Å². The summed E-state index contributed by atoms with van der Waals surface area (Å²) in [6.45, 7) is 0.863. The van der Waals surface area contributed by atoms with E-state index in [1.54, 1.807) is 4.68 Å². The van der Waals surface area contributed by atoms with Gasteiger partial charge in [-0.1, -0.05) is 0 Å². The van der Waals surface area contributed by atoms with Gasteiger partial charge in [0.05, 0.1) is 23.2 Å². The number of aliphatic hydroxyl groups excluding tert-OH is 1. The van der Waals surface area contributed by atoms with E-state index >= 15 is 0 Å². The molecule has 1 unspecified atom stereocenters. The molecule has 8 heteroatoms. The molecule has 8 nitrogen and oxygen atoms in total. The van der Waals surface area contributed by atoms with Crippen LogP contribution < -0.4 is 4.74 Å². The van der Waals surface area contributed by atoms with E-state index < -0.39 is 4.92 Å². The van der Waals surface area contributed by atoms with Crippen LogP contribution >= 0.6 is 0 Å². The number of nitrogens with zero attached hydrogens (tertiary/aromatic N) is 3. The number of ether oxygens (including phenoxy) is 2. The summed E-state index contributed by atoms with van der Waals surface area (Å²) in [7, 11) is 0. The molecule has 0 radical (unpaired) electrons. The molecular weight excluding hydrogens is 278 g/mol. The molecular formula is C13H19N3O5. The van der Waals surface area contributed by atoms with E-state index in [4.69, 9.17) is 14.6 Å². The molecule has 0 aromatic carbocycles. The molecule has 1 saturated carbocycles. The first-order chi connectivity index (χ1) is 10.1. The first-order valence-electron chi connectivity index (χ1n) is 7.25. The number of hydrogen-bond acceptors (Lipinski definition) is 6. The van der Waals surface area contributed by atoms with E-state index in [2.05, 4.69) is 5.10 Å². The lowest BCUT2D eigenvalue weighted by molar-refractivity contribution is -0.386. The fourth-order valence-corrected chi connectivity index (χ4v) is 2.73. The van der Waals surface area contributed by atoms with Crippen LogP contribution in [0.25, 0.3) is 0 Å². The molecule has 3 rings (SSSR count). The highest BCUT2D eigenvalue weighted by Gasteiger charge is 2.48. The third-order valence-corrected chi connectivity index (χ3v) is 4.07. The van der Waals surface area contributed by atoms with E-state index in [0.717, 1.165) is 25.7 Å². The Morgan fingerprint density at radius 2 is 2.43 bits per heavy atom. The third-order valence-electron chi connectivity index (χ3n) is 4.07. The fraction of sp³-hybridized carbons (Fsp3) is 0.769. The third kappa shape index (κ3) is 3.01. The van der Waals surface area contributed by atoms with Crippen LogP contribution in [0.5, 0.6) is 5.88 Å². The van der Waals surface area contributed by atoms with Crippen molar-refractivity contribution in [2.45, 2.75) is 43.7 Å². The van der Waals surface area contributed by atoms with Crippen LogP contribution in [0, 0.1) is 10.1 Å². The standard InChI is InChI=1S/C13H19N3O5/c17-5-1-6-20-12-11(16(18)19)9-15(14-12)10-2-7-21-13(8-10)3-4-13/h9-10,17H,1-8H2. The lowest BCUT2D eigenvalue weighted by Crippen LogP contribution is -2.29. The Kier molecular flexibility index (Phi) is 3.81. The predicted molar refractivity (Wildman–Crippen MR) is 72.3 cm³/mol. The van der Waals surface area contributed by atoms with Crippen molar-refractivity contribution in [3.8, 4) is 5.88 Å². The van der Waals surface area contributed by atoms with Gasteiger partial charge in [0.15, 0.2) is 0 Å². The summed E-state index contributed by atoms with van der Waals surface area (Å²) >= 11 is 0. The maximum atomic E-state index is 11.1. The Balaban J connectivity index is 1.75. The topological polar surface area (TPSA) is 99.7 Å². The molecule has 1 aromatic rings. The number of aliphatic hydroxyl groups is 1. The lowest BCUT2D eigenvalue weighted by atomic mass is 10.0.